The number of carboxylic acid groups (broad SMARTS) is 1. The topological polar surface area (TPSA) is 37.3 Å². The fourth-order valence-electron chi connectivity index (χ4n) is 1.71. The van der Waals surface area contributed by atoms with E-state index in [0.29, 0.717) is 0 Å². The molecule has 0 aromatic rings. The second kappa shape index (κ2) is 2.14. The Kier molecular flexibility index (Phi) is 1.67. The molecule has 0 radical (unpaired) electrons. The predicted octanol–water partition coefficient (Wildman–Crippen LogP) is 1.91. The second-order valence-corrected chi connectivity index (χ2v) is 3.66. The zero-order valence-electron chi connectivity index (χ0n) is 6.64. The minimum atomic E-state index is -4.38. The molecule has 0 bridgehead atoms. The summed E-state index contributed by atoms with van der Waals surface area (Å²) in [5.74, 6) is -4.30. The van der Waals surface area contributed by atoms with Crippen molar-refractivity contribution in [2.75, 3.05) is 0 Å². The maximum atomic E-state index is 12.1. The number of rotatable bonds is 1. The van der Waals surface area contributed by atoms with Crippen molar-refractivity contribution < 1.29 is 23.1 Å². The van der Waals surface area contributed by atoms with Crippen molar-refractivity contribution in [3.8, 4) is 0 Å². The molecular formula is C7H9F3O2. The molecule has 2 nitrogen and oxygen atoms in total. The molecule has 0 aliphatic heterocycles. The molecule has 1 unspecified atom stereocenters. The van der Waals surface area contributed by atoms with Gasteiger partial charge in [-0.05, 0) is 5.41 Å². The van der Waals surface area contributed by atoms with Crippen LogP contribution in [-0.4, -0.2) is 17.3 Å². The Morgan fingerprint density at radius 3 is 1.92 bits per heavy atom. The van der Waals surface area contributed by atoms with Crippen molar-refractivity contribution in [3.05, 3.63) is 0 Å². The molecule has 0 saturated heterocycles. The molecule has 0 aromatic heterocycles. The number of hydrogen-bond acceptors (Lipinski definition) is 1. The molecule has 0 amide bonds. The van der Waals surface area contributed by atoms with Gasteiger partial charge in [-0.25, -0.2) is 0 Å². The van der Waals surface area contributed by atoms with Gasteiger partial charge in [0.15, 0.2) is 0 Å². The highest BCUT2D eigenvalue weighted by atomic mass is 19.4. The molecule has 1 rings (SSSR count). The van der Waals surface area contributed by atoms with Crippen LogP contribution in [0.5, 0.6) is 0 Å². The first-order chi connectivity index (χ1) is 5.19. The van der Waals surface area contributed by atoms with Gasteiger partial charge in [-0.3, -0.25) is 4.79 Å². The lowest BCUT2D eigenvalue weighted by Crippen LogP contribution is -2.15. The fourth-order valence-corrected chi connectivity index (χ4v) is 1.71. The van der Waals surface area contributed by atoms with E-state index in [1.54, 1.807) is 0 Å². The van der Waals surface area contributed by atoms with Gasteiger partial charge in [0.05, 0.1) is 11.8 Å². The average molecular weight is 182 g/mol. The summed E-state index contributed by atoms with van der Waals surface area (Å²) in [6, 6.07) is 0. The molecule has 1 N–H and O–H groups in total. The molecule has 70 valence electrons. The van der Waals surface area contributed by atoms with E-state index in [9.17, 15) is 18.0 Å². The highest BCUT2D eigenvalue weighted by Crippen LogP contribution is 2.64. The third-order valence-electron chi connectivity index (χ3n) is 2.45. The number of alkyl halides is 3. The van der Waals surface area contributed by atoms with Crippen LogP contribution >= 0.6 is 0 Å². The molecule has 5 heteroatoms. The Hall–Kier alpha value is -0.740. The first kappa shape index (κ1) is 9.35. The van der Waals surface area contributed by atoms with Gasteiger partial charge >= 0.3 is 12.1 Å². The standard InChI is InChI=1S/C7H9F3O2/c1-6(2)3(5(11)12)4(6)7(8,9)10/h3-4H,1-2H3,(H,11,12)/t3-,4?/m0/s1. The molecule has 1 aliphatic carbocycles. The van der Waals surface area contributed by atoms with Crippen molar-refractivity contribution in [2.45, 2.75) is 20.0 Å². The number of hydrogen-bond donors (Lipinski definition) is 1. The normalized spacial score (nSPS) is 33.1. The van der Waals surface area contributed by atoms with Crippen molar-refractivity contribution in [3.63, 3.8) is 0 Å². The summed E-state index contributed by atoms with van der Waals surface area (Å²) >= 11 is 0. The Morgan fingerprint density at radius 2 is 1.83 bits per heavy atom. The van der Waals surface area contributed by atoms with Crippen LogP contribution in [0.2, 0.25) is 0 Å². The van der Waals surface area contributed by atoms with Crippen LogP contribution in [-0.2, 0) is 4.79 Å². The number of carboxylic acids is 1. The smallest absolute Gasteiger partial charge is 0.393 e. The summed E-state index contributed by atoms with van der Waals surface area (Å²) in [7, 11) is 0. The molecule has 1 saturated carbocycles. The fraction of sp³-hybridized carbons (Fsp3) is 0.857. The van der Waals surface area contributed by atoms with Gasteiger partial charge in [-0.2, -0.15) is 13.2 Å². The van der Waals surface area contributed by atoms with Crippen LogP contribution in [0.1, 0.15) is 13.8 Å². The summed E-state index contributed by atoms with van der Waals surface area (Å²) in [6.07, 6.45) is -4.38. The summed E-state index contributed by atoms with van der Waals surface area (Å²) in [4.78, 5) is 10.3. The van der Waals surface area contributed by atoms with E-state index in [4.69, 9.17) is 5.11 Å². The molecule has 0 spiro atoms. The van der Waals surface area contributed by atoms with Crippen molar-refractivity contribution in [2.24, 2.45) is 17.3 Å². The Morgan fingerprint density at radius 1 is 1.42 bits per heavy atom. The average Bonchev–Trinajstić information content (AvgIpc) is 2.31. The van der Waals surface area contributed by atoms with Gasteiger partial charge < -0.3 is 5.11 Å². The van der Waals surface area contributed by atoms with E-state index in [2.05, 4.69) is 0 Å². The largest absolute Gasteiger partial charge is 0.481 e. The van der Waals surface area contributed by atoms with Gasteiger partial charge in [0.2, 0.25) is 0 Å². The summed E-state index contributed by atoms with van der Waals surface area (Å²) < 4.78 is 36.3. The monoisotopic (exact) mass is 182 g/mol. The minimum absolute atomic E-state index is 1.13. The summed E-state index contributed by atoms with van der Waals surface area (Å²) in [5.41, 5.74) is -1.13. The van der Waals surface area contributed by atoms with Crippen molar-refractivity contribution in [1.29, 1.82) is 0 Å². The number of aliphatic carboxylic acids is 1. The minimum Gasteiger partial charge on any atom is -0.481 e. The zero-order chi connectivity index (χ0) is 9.73. The Bertz CT molecular complexity index is 219. The van der Waals surface area contributed by atoms with Crippen molar-refractivity contribution >= 4 is 5.97 Å². The third kappa shape index (κ3) is 1.17. The lowest BCUT2D eigenvalue weighted by molar-refractivity contribution is -0.163. The highest BCUT2D eigenvalue weighted by Gasteiger charge is 2.73. The van der Waals surface area contributed by atoms with E-state index in [1.165, 1.54) is 13.8 Å². The second-order valence-electron chi connectivity index (χ2n) is 3.66. The maximum absolute atomic E-state index is 12.1. The van der Waals surface area contributed by atoms with Gasteiger partial charge in [-0.1, -0.05) is 13.8 Å². The molecule has 0 aromatic carbocycles. The van der Waals surface area contributed by atoms with Crippen LogP contribution in [0.3, 0.4) is 0 Å². The predicted molar refractivity (Wildman–Crippen MR) is 34.5 cm³/mol. The first-order valence-corrected chi connectivity index (χ1v) is 3.48. The van der Waals surface area contributed by atoms with E-state index in [1.807, 2.05) is 0 Å². The molecule has 0 heterocycles. The van der Waals surface area contributed by atoms with Gasteiger partial charge in [0, 0.05) is 0 Å². The van der Waals surface area contributed by atoms with Crippen molar-refractivity contribution in [1.82, 2.24) is 0 Å². The van der Waals surface area contributed by atoms with Crippen LogP contribution in [0.15, 0.2) is 0 Å². The zero-order valence-corrected chi connectivity index (χ0v) is 6.64. The third-order valence-corrected chi connectivity index (χ3v) is 2.45. The molecule has 1 fully saturated rings. The molecule has 12 heavy (non-hydrogen) atoms. The molecule has 1 aliphatic rings. The SMILES string of the molecule is CC1(C)C(C(F)(F)F)[C@H]1C(=O)O. The Labute approximate surface area is 67.4 Å². The van der Waals surface area contributed by atoms with E-state index in [0.717, 1.165) is 0 Å². The highest BCUT2D eigenvalue weighted by molar-refractivity contribution is 5.75. The molecule has 2 atom stereocenters. The van der Waals surface area contributed by atoms with E-state index >= 15 is 0 Å². The molecular weight excluding hydrogens is 173 g/mol. The lowest BCUT2D eigenvalue weighted by atomic mass is 10.1. The Balaban J connectivity index is 2.80. The first-order valence-electron chi connectivity index (χ1n) is 3.48. The lowest BCUT2D eigenvalue weighted by Gasteiger charge is -2.05. The van der Waals surface area contributed by atoms with Gasteiger partial charge in [-0.15, -0.1) is 0 Å². The van der Waals surface area contributed by atoms with Crippen LogP contribution in [0, 0.1) is 17.3 Å². The number of halogens is 3. The van der Waals surface area contributed by atoms with Crippen LogP contribution in [0.25, 0.3) is 0 Å². The number of carbonyl (C=O) groups is 1. The summed E-state index contributed by atoms with van der Waals surface area (Å²) in [6.45, 7) is 2.65. The van der Waals surface area contributed by atoms with E-state index in [-0.39, 0.29) is 0 Å². The van der Waals surface area contributed by atoms with Gasteiger partial charge in [0.25, 0.3) is 0 Å². The summed E-state index contributed by atoms with van der Waals surface area (Å²) in [5, 5.41) is 8.42. The van der Waals surface area contributed by atoms with Crippen LogP contribution < -0.4 is 0 Å². The van der Waals surface area contributed by atoms with E-state index < -0.39 is 29.4 Å². The van der Waals surface area contributed by atoms with Gasteiger partial charge in [0.1, 0.15) is 0 Å². The maximum Gasteiger partial charge on any atom is 0.393 e. The van der Waals surface area contributed by atoms with Crippen LogP contribution in [0.4, 0.5) is 13.2 Å². The quantitative estimate of drug-likeness (QED) is 0.672.